The third-order valence-electron chi connectivity index (χ3n) is 2.28. The average Bonchev–Trinajstić information content (AvgIpc) is 2.13. The molecule has 0 amide bonds. The SMILES string of the molecule is Cc1cc(C)nc(NC(CC(C)C)C(=O)[O-])n1. The van der Waals surface area contributed by atoms with Crippen molar-refractivity contribution in [2.75, 3.05) is 5.32 Å². The van der Waals surface area contributed by atoms with Crippen LogP contribution in [0.3, 0.4) is 0 Å². The van der Waals surface area contributed by atoms with E-state index in [0.29, 0.717) is 12.4 Å². The molecule has 0 aromatic carbocycles. The van der Waals surface area contributed by atoms with E-state index in [0.717, 1.165) is 11.4 Å². The van der Waals surface area contributed by atoms with E-state index >= 15 is 0 Å². The van der Waals surface area contributed by atoms with Gasteiger partial charge in [-0.1, -0.05) is 13.8 Å². The van der Waals surface area contributed by atoms with Crippen molar-refractivity contribution >= 4 is 11.9 Å². The Labute approximate surface area is 101 Å². The topological polar surface area (TPSA) is 77.9 Å². The number of rotatable bonds is 5. The van der Waals surface area contributed by atoms with Gasteiger partial charge in [0.25, 0.3) is 0 Å². The average molecular weight is 236 g/mol. The maximum absolute atomic E-state index is 11.0. The molecule has 0 aliphatic heterocycles. The molecule has 94 valence electrons. The molecule has 0 spiro atoms. The zero-order valence-corrected chi connectivity index (χ0v) is 10.7. The van der Waals surface area contributed by atoms with Crippen LogP contribution in [0.1, 0.15) is 31.7 Å². The van der Waals surface area contributed by atoms with Crippen LogP contribution in [0.25, 0.3) is 0 Å². The van der Waals surface area contributed by atoms with Crippen LogP contribution in [-0.4, -0.2) is 22.0 Å². The molecule has 0 saturated carbocycles. The molecule has 0 aliphatic rings. The van der Waals surface area contributed by atoms with Crippen molar-refractivity contribution in [3.05, 3.63) is 17.5 Å². The number of hydrogen-bond donors (Lipinski definition) is 1. The number of aliphatic carboxylic acids is 1. The zero-order valence-electron chi connectivity index (χ0n) is 10.7. The molecular formula is C12H18N3O2-. The fourth-order valence-corrected chi connectivity index (χ4v) is 1.63. The Bertz CT molecular complexity index is 384. The number of carboxylic acid groups (broad SMARTS) is 1. The van der Waals surface area contributed by atoms with Gasteiger partial charge in [-0.05, 0) is 32.3 Å². The zero-order chi connectivity index (χ0) is 13.0. The number of aromatic nitrogens is 2. The van der Waals surface area contributed by atoms with Gasteiger partial charge in [0.05, 0.1) is 12.0 Å². The van der Waals surface area contributed by atoms with Gasteiger partial charge in [0.15, 0.2) is 0 Å². The Morgan fingerprint density at radius 2 is 1.88 bits per heavy atom. The van der Waals surface area contributed by atoms with Crippen molar-refractivity contribution in [3.8, 4) is 0 Å². The Balaban J connectivity index is 2.82. The lowest BCUT2D eigenvalue weighted by Crippen LogP contribution is -2.42. The maximum Gasteiger partial charge on any atom is 0.223 e. The van der Waals surface area contributed by atoms with E-state index in [1.165, 1.54) is 0 Å². The van der Waals surface area contributed by atoms with Crippen LogP contribution < -0.4 is 10.4 Å². The number of carbonyl (C=O) groups is 1. The lowest BCUT2D eigenvalue weighted by molar-refractivity contribution is -0.307. The summed E-state index contributed by atoms with van der Waals surface area (Å²) in [5, 5.41) is 13.8. The van der Waals surface area contributed by atoms with Crippen LogP contribution in [0.4, 0.5) is 5.95 Å². The Kier molecular flexibility index (Phi) is 4.43. The van der Waals surface area contributed by atoms with Gasteiger partial charge in [0, 0.05) is 11.4 Å². The van der Waals surface area contributed by atoms with Gasteiger partial charge < -0.3 is 15.2 Å². The maximum atomic E-state index is 11.0. The molecule has 1 unspecified atom stereocenters. The largest absolute Gasteiger partial charge is 0.548 e. The quantitative estimate of drug-likeness (QED) is 0.813. The van der Waals surface area contributed by atoms with Crippen molar-refractivity contribution in [1.29, 1.82) is 0 Å². The molecular weight excluding hydrogens is 218 g/mol. The number of anilines is 1. The minimum atomic E-state index is -1.12. The second-order valence-electron chi connectivity index (χ2n) is 4.62. The van der Waals surface area contributed by atoms with Crippen molar-refractivity contribution < 1.29 is 9.90 Å². The highest BCUT2D eigenvalue weighted by atomic mass is 16.4. The van der Waals surface area contributed by atoms with Gasteiger partial charge >= 0.3 is 0 Å². The highest BCUT2D eigenvalue weighted by Gasteiger charge is 2.13. The van der Waals surface area contributed by atoms with Crippen molar-refractivity contribution in [2.24, 2.45) is 5.92 Å². The van der Waals surface area contributed by atoms with Crippen LogP contribution in [0.5, 0.6) is 0 Å². The van der Waals surface area contributed by atoms with Crippen LogP contribution in [0.2, 0.25) is 0 Å². The van der Waals surface area contributed by atoms with Crippen molar-refractivity contribution in [1.82, 2.24) is 9.97 Å². The second-order valence-corrected chi connectivity index (χ2v) is 4.62. The first kappa shape index (κ1) is 13.4. The Morgan fingerprint density at radius 1 is 1.35 bits per heavy atom. The molecule has 5 heteroatoms. The first-order chi connectivity index (χ1) is 7.88. The van der Waals surface area contributed by atoms with Gasteiger partial charge in [-0.2, -0.15) is 0 Å². The predicted molar refractivity (Wildman–Crippen MR) is 63.4 cm³/mol. The summed E-state index contributed by atoms with van der Waals surface area (Å²) < 4.78 is 0. The lowest BCUT2D eigenvalue weighted by Gasteiger charge is -2.21. The molecule has 0 fully saturated rings. The van der Waals surface area contributed by atoms with E-state index in [4.69, 9.17) is 0 Å². The number of hydrogen-bond acceptors (Lipinski definition) is 5. The number of aryl methyl sites for hydroxylation is 2. The van der Waals surface area contributed by atoms with Gasteiger partial charge in [-0.3, -0.25) is 0 Å². The first-order valence-electron chi connectivity index (χ1n) is 5.68. The van der Waals surface area contributed by atoms with E-state index in [1.807, 2.05) is 33.8 Å². The standard InChI is InChI=1S/C12H19N3O2/c1-7(2)5-10(11(16)17)15-12-13-8(3)6-9(4)14-12/h6-7,10H,5H2,1-4H3,(H,16,17)(H,13,14,15)/p-1. The van der Waals surface area contributed by atoms with Crippen molar-refractivity contribution in [2.45, 2.75) is 40.2 Å². The number of nitrogens with one attached hydrogen (secondary N) is 1. The van der Waals surface area contributed by atoms with Crippen LogP contribution in [-0.2, 0) is 4.79 Å². The molecule has 1 aromatic heterocycles. The molecule has 0 bridgehead atoms. The van der Waals surface area contributed by atoms with Crippen LogP contribution >= 0.6 is 0 Å². The van der Waals surface area contributed by atoms with E-state index in [2.05, 4.69) is 15.3 Å². The lowest BCUT2D eigenvalue weighted by atomic mass is 10.0. The van der Waals surface area contributed by atoms with Gasteiger partial charge in [0.2, 0.25) is 5.95 Å². The summed E-state index contributed by atoms with van der Waals surface area (Å²) in [6.45, 7) is 7.60. The fraction of sp³-hybridized carbons (Fsp3) is 0.583. The van der Waals surface area contributed by atoms with Crippen LogP contribution in [0.15, 0.2) is 6.07 Å². The van der Waals surface area contributed by atoms with E-state index < -0.39 is 12.0 Å². The predicted octanol–water partition coefficient (Wildman–Crippen LogP) is 0.670. The van der Waals surface area contributed by atoms with Crippen LogP contribution in [0, 0.1) is 19.8 Å². The summed E-state index contributed by atoms with van der Waals surface area (Å²) in [4.78, 5) is 19.3. The molecule has 1 heterocycles. The van der Waals surface area contributed by atoms with Gasteiger partial charge in [-0.15, -0.1) is 0 Å². The highest BCUT2D eigenvalue weighted by Crippen LogP contribution is 2.10. The molecule has 0 saturated heterocycles. The summed E-state index contributed by atoms with van der Waals surface area (Å²) in [7, 11) is 0. The second kappa shape index (κ2) is 5.61. The number of nitrogens with zero attached hydrogens (tertiary/aromatic N) is 2. The fourth-order valence-electron chi connectivity index (χ4n) is 1.63. The molecule has 17 heavy (non-hydrogen) atoms. The molecule has 1 aromatic rings. The summed E-state index contributed by atoms with van der Waals surface area (Å²) in [6.07, 6.45) is 0.485. The molecule has 0 aliphatic carbocycles. The van der Waals surface area contributed by atoms with E-state index in [1.54, 1.807) is 0 Å². The molecule has 1 N–H and O–H groups in total. The Morgan fingerprint density at radius 3 is 2.29 bits per heavy atom. The van der Waals surface area contributed by atoms with Gasteiger partial charge in [0.1, 0.15) is 0 Å². The monoisotopic (exact) mass is 236 g/mol. The smallest absolute Gasteiger partial charge is 0.223 e. The van der Waals surface area contributed by atoms with Crippen molar-refractivity contribution in [3.63, 3.8) is 0 Å². The summed E-state index contributed by atoms with van der Waals surface area (Å²) in [6, 6.07) is 1.08. The number of carboxylic acids is 1. The summed E-state index contributed by atoms with van der Waals surface area (Å²) in [5.74, 6) is -0.518. The third-order valence-corrected chi connectivity index (χ3v) is 2.28. The van der Waals surface area contributed by atoms with Gasteiger partial charge in [-0.25, -0.2) is 9.97 Å². The summed E-state index contributed by atoms with van der Waals surface area (Å²) >= 11 is 0. The highest BCUT2D eigenvalue weighted by molar-refractivity contribution is 5.74. The Hall–Kier alpha value is -1.65. The molecule has 5 nitrogen and oxygen atoms in total. The first-order valence-corrected chi connectivity index (χ1v) is 5.68. The van der Waals surface area contributed by atoms with E-state index in [-0.39, 0.29) is 5.92 Å². The normalized spacial score (nSPS) is 12.5. The number of carbonyl (C=O) groups excluding carboxylic acids is 1. The minimum Gasteiger partial charge on any atom is -0.548 e. The molecule has 1 rings (SSSR count). The third kappa shape index (κ3) is 4.38. The summed E-state index contributed by atoms with van der Waals surface area (Å²) in [5.41, 5.74) is 1.61. The molecule has 0 radical (unpaired) electrons. The van der Waals surface area contributed by atoms with E-state index in [9.17, 15) is 9.90 Å². The minimum absolute atomic E-state index is 0.260. The molecule has 1 atom stereocenters.